The molecule has 1 heterocycles. The summed E-state index contributed by atoms with van der Waals surface area (Å²) in [5.41, 5.74) is 2.82. The molecule has 0 spiro atoms. The van der Waals surface area contributed by atoms with E-state index in [0.29, 0.717) is 39.6 Å². The minimum atomic E-state index is 0.450. The quantitative estimate of drug-likeness (QED) is 0.368. The Kier molecular flexibility index (Phi) is 7.16. The van der Waals surface area contributed by atoms with Crippen LogP contribution >= 0.6 is 34.5 Å². The zero-order chi connectivity index (χ0) is 20.8. The fourth-order valence-electron chi connectivity index (χ4n) is 2.65. The Morgan fingerprint density at radius 1 is 1.10 bits per heavy atom. The van der Waals surface area contributed by atoms with Crippen LogP contribution < -0.4 is 9.47 Å². The number of allylic oxidation sites excluding steroid dienone is 1. The number of nitriles is 1. The van der Waals surface area contributed by atoms with Gasteiger partial charge in [0, 0.05) is 22.6 Å². The van der Waals surface area contributed by atoms with E-state index < -0.39 is 0 Å². The first-order valence-electron chi connectivity index (χ1n) is 8.98. The van der Waals surface area contributed by atoms with Gasteiger partial charge in [0.2, 0.25) is 0 Å². The summed E-state index contributed by atoms with van der Waals surface area (Å²) in [6.07, 6.45) is 1.78. The second-order valence-corrected chi connectivity index (χ2v) is 7.57. The van der Waals surface area contributed by atoms with E-state index in [9.17, 15) is 5.26 Å². The van der Waals surface area contributed by atoms with E-state index in [1.807, 2.05) is 43.5 Å². The number of ether oxygens (including phenoxy) is 2. The van der Waals surface area contributed by atoms with Crippen molar-refractivity contribution >= 4 is 46.2 Å². The van der Waals surface area contributed by atoms with Gasteiger partial charge in [-0.05, 0) is 44.2 Å². The smallest absolute Gasteiger partial charge is 0.134 e. The predicted octanol–water partition coefficient (Wildman–Crippen LogP) is 6.98. The molecule has 0 aliphatic carbocycles. The first kappa shape index (κ1) is 21.2. The molecule has 29 heavy (non-hydrogen) atoms. The van der Waals surface area contributed by atoms with Crippen LogP contribution in [0.5, 0.6) is 11.5 Å². The molecule has 1 aromatic heterocycles. The normalized spacial score (nSPS) is 11.2. The number of rotatable bonds is 7. The summed E-state index contributed by atoms with van der Waals surface area (Å²) in [4.78, 5) is 4.60. The summed E-state index contributed by atoms with van der Waals surface area (Å²) in [6.45, 7) is 4.92. The van der Waals surface area contributed by atoms with Gasteiger partial charge in [0.05, 0.1) is 34.5 Å². The van der Waals surface area contributed by atoms with Gasteiger partial charge in [0.25, 0.3) is 0 Å². The highest BCUT2D eigenvalue weighted by molar-refractivity contribution is 7.11. The minimum absolute atomic E-state index is 0.450. The van der Waals surface area contributed by atoms with Crippen molar-refractivity contribution in [1.29, 1.82) is 5.26 Å². The van der Waals surface area contributed by atoms with E-state index in [0.717, 1.165) is 22.6 Å². The Hall–Kier alpha value is -2.52. The zero-order valence-electron chi connectivity index (χ0n) is 15.9. The lowest BCUT2D eigenvalue weighted by molar-refractivity contribution is 0.322. The van der Waals surface area contributed by atoms with Crippen molar-refractivity contribution in [2.24, 2.45) is 0 Å². The van der Waals surface area contributed by atoms with E-state index in [2.05, 4.69) is 11.1 Å². The highest BCUT2D eigenvalue weighted by Crippen LogP contribution is 2.33. The van der Waals surface area contributed by atoms with Gasteiger partial charge < -0.3 is 9.47 Å². The summed E-state index contributed by atoms with van der Waals surface area (Å²) >= 11 is 13.5. The first-order chi connectivity index (χ1) is 14.0. The minimum Gasteiger partial charge on any atom is -0.494 e. The van der Waals surface area contributed by atoms with Crippen LogP contribution in [0.3, 0.4) is 0 Å². The second-order valence-electron chi connectivity index (χ2n) is 5.90. The van der Waals surface area contributed by atoms with Gasteiger partial charge in [0.15, 0.2) is 0 Å². The van der Waals surface area contributed by atoms with Crippen molar-refractivity contribution in [2.45, 2.75) is 13.8 Å². The van der Waals surface area contributed by atoms with Crippen molar-refractivity contribution in [3.63, 3.8) is 0 Å². The molecule has 2 aromatic carbocycles. The third-order valence-electron chi connectivity index (χ3n) is 3.97. The lowest BCUT2D eigenvalue weighted by Crippen LogP contribution is -1.97. The zero-order valence-corrected chi connectivity index (χ0v) is 18.2. The van der Waals surface area contributed by atoms with Crippen molar-refractivity contribution in [1.82, 2.24) is 4.98 Å². The lowest BCUT2D eigenvalue weighted by Gasteiger charge is -2.10. The van der Waals surface area contributed by atoms with Crippen LogP contribution in [0.2, 0.25) is 10.0 Å². The Bertz CT molecular complexity index is 1090. The third kappa shape index (κ3) is 5.10. The maximum atomic E-state index is 9.71. The number of halogens is 2. The predicted molar refractivity (Wildman–Crippen MR) is 120 cm³/mol. The van der Waals surface area contributed by atoms with Gasteiger partial charge in [0.1, 0.15) is 22.6 Å². The Labute approximate surface area is 183 Å². The molecular formula is C22H18Cl2N2O2S. The molecule has 3 rings (SSSR count). The Balaban J connectivity index is 1.96. The number of benzene rings is 2. The largest absolute Gasteiger partial charge is 0.494 e. The highest BCUT2D eigenvalue weighted by Gasteiger charge is 2.12. The summed E-state index contributed by atoms with van der Waals surface area (Å²) in [6, 6.07) is 13.1. The van der Waals surface area contributed by atoms with Gasteiger partial charge in [-0.1, -0.05) is 29.3 Å². The van der Waals surface area contributed by atoms with Gasteiger partial charge in [-0.15, -0.1) is 11.3 Å². The van der Waals surface area contributed by atoms with Crippen LogP contribution in [0.4, 0.5) is 0 Å². The Morgan fingerprint density at radius 2 is 1.90 bits per heavy atom. The monoisotopic (exact) mass is 444 g/mol. The van der Waals surface area contributed by atoms with Gasteiger partial charge >= 0.3 is 0 Å². The first-order valence-corrected chi connectivity index (χ1v) is 10.6. The maximum absolute atomic E-state index is 9.71. The molecule has 0 N–H and O–H groups in total. The van der Waals surface area contributed by atoms with Crippen molar-refractivity contribution in [3.05, 3.63) is 62.4 Å². The van der Waals surface area contributed by atoms with Crippen LogP contribution in [0, 0.1) is 11.3 Å². The molecule has 148 valence electrons. The third-order valence-corrected chi connectivity index (χ3v) is 5.58. The van der Waals surface area contributed by atoms with Crippen molar-refractivity contribution < 1.29 is 9.47 Å². The summed E-state index contributed by atoms with van der Waals surface area (Å²) < 4.78 is 11.3. The number of thiazole rings is 1. The van der Waals surface area contributed by atoms with E-state index in [1.54, 1.807) is 18.2 Å². The molecule has 0 saturated carbocycles. The van der Waals surface area contributed by atoms with Gasteiger partial charge in [-0.3, -0.25) is 0 Å². The molecule has 0 fully saturated rings. The number of hydrogen-bond donors (Lipinski definition) is 0. The molecule has 0 atom stereocenters. The van der Waals surface area contributed by atoms with E-state index in [4.69, 9.17) is 32.7 Å². The number of hydrogen-bond acceptors (Lipinski definition) is 5. The summed E-state index contributed by atoms with van der Waals surface area (Å²) in [5.74, 6) is 1.38. The van der Waals surface area contributed by atoms with Crippen LogP contribution in [0.1, 0.15) is 24.4 Å². The molecule has 0 aliphatic rings. The SMILES string of the molecule is CCOc1ccc(/C=C(/C#N)c2nc(-c3ccc(Cl)c(Cl)c3)cs2)c(OCC)c1. The van der Waals surface area contributed by atoms with Gasteiger partial charge in [-0.2, -0.15) is 5.26 Å². The molecule has 0 bridgehead atoms. The molecule has 0 aliphatic heterocycles. The molecule has 0 amide bonds. The van der Waals surface area contributed by atoms with Crippen LogP contribution in [-0.4, -0.2) is 18.2 Å². The standard InChI is InChI=1S/C22H18Cl2N2O2S/c1-3-27-17-7-5-15(21(11-17)28-4-2)9-16(12-25)22-26-20(13-29-22)14-6-8-18(23)19(24)10-14/h5-11,13H,3-4H2,1-2H3/b16-9-. The van der Waals surface area contributed by atoms with Crippen LogP contribution in [0.25, 0.3) is 22.9 Å². The topological polar surface area (TPSA) is 55.1 Å². The van der Waals surface area contributed by atoms with Gasteiger partial charge in [-0.25, -0.2) is 4.98 Å². The van der Waals surface area contributed by atoms with Crippen LogP contribution in [-0.2, 0) is 0 Å². The lowest BCUT2D eigenvalue weighted by atomic mass is 10.1. The average Bonchev–Trinajstić information content (AvgIpc) is 3.20. The number of nitrogens with zero attached hydrogens (tertiary/aromatic N) is 2. The highest BCUT2D eigenvalue weighted by atomic mass is 35.5. The summed E-state index contributed by atoms with van der Waals surface area (Å²) in [5, 5.41) is 13.2. The average molecular weight is 445 g/mol. The van der Waals surface area contributed by atoms with Crippen molar-refractivity contribution in [2.75, 3.05) is 13.2 Å². The molecule has 0 radical (unpaired) electrons. The molecule has 0 saturated heterocycles. The summed E-state index contributed by atoms with van der Waals surface area (Å²) in [7, 11) is 0. The van der Waals surface area contributed by atoms with E-state index in [-0.39, 0.29) is 0 Å². The maximum Gasteiger partial charge on any atom is 0.134 e. The second kappa shape index (κ2) is 9.80. The van der Waals surface area contributed by atoms with Crippen molar-refractivity contribution in [3.8, 4) is 28.8 Å². The molecular weight excluding hydrogens is 427 g/mol. The molecule has 7 heteroatoms. The Morgan fingerprint density at radius 3 is 2.59 bits per heavy atom. The van der Waals surface area contributed by atoms with E-state index in [1.165, 1.54) is 11.3 Å². The molecule has 4 nitrogen and oxygen atoms in total. The fraction of sp³-hybridized carbons (Fsp3) is 0.182. The molecule has 0 unspecified atom stereocenters. The molecule has 3 aromatic rings. The van der Waals surface area contributed by atoms with E-state index >= 15 is 0 Å². The van der Waals surface area contributed by atoms with Crippen LogP contribution in [0.15, 0.2) is 41.8 Å². The fourth-order valence-corrected chi connectivity index (χ4v) is 3.75. The number of aromatic nitrogens is 1.